The van der Waals surface area contributed by atoms with Crippen molar-refractivity contribution in [2.45, 2.75) is 45.7 Å². The van der Waals surface area contributed by atoms with Gasteiger partial charge in [-0.25, -0.2) is 35.6 Å². The molecule has 0 saturated carbocycles. The van der Waals surface area contributed by atoms with E-state index in [1.54, 1.807) is 31.2 Å². The number of rotatable bonds is 8. The van der Waals surface area contributed by atoms with Crippen LogP contribution in [-0.4, -0.2) is 90.0 Å². The number of aromatic nitrogens is 4. The summed E-state index contributed by atoms with van der Waals surface area (Å²) in [5.41, 5.74) is 0.612. The van der Waals surface area contributed by atoms with Gasteiger partial charge in [0.05, 0.1) is 17.0 Å². The fraction of sp³-hybridized carbons (Fsp3) is 0.286. The molecular weight excluding hydrogens is 886 g/mol. The maximum atomic E-state index is 13.0. The van der Waals surface area contributed by atoms with Gasteiger partial charge in [0.2, 0.25) is 20.0 Å². The van der Waals surface area contributed by atoms with Crippen molar-refractivity contribution in [3.63, 3.8) is 0 Å². The van der Waals surface area contributed by atoms with Gasteiger partial charge in [-0.3, -0.25) is 28.2 Å². The van der Waals surface area contributed by atoms with E-state index in [1.165, 1.54) is 65.2 Å². The first kappa shape index (κ1) is 49.4. The van der Waals surface area contributed by atoms with Gasteiger partial charge in [-0.15, -0.1) is 0 Å². The number of carbonyl (C=O) groups excluding carboxylic acids is 2. The minimum Gasteiger partial charge on any atom is -0.869 e. The fourth-order valence-electron chi connectivity index (χ4n) is 6.68. The van der Waals surface area contributed by atoms with Gasteiger partial charge in [-0.2, -0.15) is 0 Å². The molecule has 6 heterocycles. The Labute approximate surface area is 390 Å². The molecule has 2 aliphatic rings. The standard InChI is InChI=1S/2C20H19FN4O4S.C2H6O.Na/c2*21-14-7-5-13(6-8-14)12-23-20(27)17-18(26)16-15(4-3-9-22-16)19(24-17)25-10-1-2-11-30(25,28)29;1-2-3;/h2*3-9,26H,1-2,10-12H2,(H,23,27);3H,2H2,1H3;/q;;;+1/p-1. The number of amides is 2. The van der Waals surface area contributed by atoms with Gasteiger partial charge in [0.15, 0.2) is 23.1 Å². The zero-order valence-corrected chi connectivity index (χ0v) is 38.5. The van der Waals surface area contributed by atoms with E-state index < -0.39 is 60.7 Å². The third kappa shape index (κ3) is 11.6. The molecule has 2 saturated heterocycles. The summed E-state index contributed by atoms with van der Waals surface area (Å²) in [5.74, 6) is -3.29. The number of benzene rings is 2. The Balaban J connectivity index is 0.000000224. The third-order valence-corrected chi connectivity index (χ3v) is 13.4. The molecule has 332 valence electrons. The summed E-state index contributed by atoms with van der Waals surface area (Å²) in [4.78, 5) is 42.0. The molecule has 6 aromatic rings. The molecule has 0 unspecified atom stereocenters. The molecule has 0 bridgehead atoms. The van der Waals surface area contributed by atoms with Crippen molar-refractivity contribution in [2.75, 3.05) is 39.8 Å². The summed E-state index contributed by atoms with van der Waals surface area (Å²) in [6.45, 7) is 2.52. The van der Waals surface area contributed by atoms with Crippen LogP contribution >= 0.6 is 0 Å². The second kappa shape index (κ2) is 21.9. The van der Waals surface area contributed by atoms with E-state index in [2.05, 4.69) is 30.6 Å². The molecule has 0 atom stereocenters. The number of pyridine rings is 4. The Morgan fingerprint density at radius 3 is 1.55 bits per heavy atom. The molecule has 22 heteroatoms. The van der Waals surface area contributed by atoms with Crippen molar-refractivity contribution in [3.05, 3.63) is 119 Å². The molecule has 0 radical (unpaired) electrons. The predicted octanol–water partition coefficient (Wildman–Crippen LogP) is 1.04. The van der Waals surface area contributed by atoms with Gasteiger partial charge >= 0.3 is 29.6 Å². The molecule has 4 aromatic heterocycles. The van der Waals surface area contributed by atoms with Crippen LogP contribution in [0.2, 0.25) is 0 Å². The van der Waals surface area contributed by atoms with E-state index in [9.17, 15) is 45.4 Å². The molecular formula is C42H43F2N8NaO9S2. The number of halogens is 2. The number of sulfonamides is 2. The van der Waals surface area contributed by atoms with E-state index >= 15 is 0 Å². The van der Waals surface area contributed by atoms with Gasteiger partial charge < -0.3 is 26.0 Å². The van der Waals surface area contributed by atoms with Crippen molar-refractivity contribution in [3.8, 4) is 11.5 Å². The number of hydrogen-bond donors (Lipinski definition) is 4. The maximum Gasteiger partial charge on any atom is 1.00 e. The number of hydrogen-bond acceptors (Lipinski definition) is 13. The zero-order valence-electron chi connectivity index (χ0n) is 34.9. The smallest absolute Gasteiger partial charge is 0.869 e. The maximum absolute atomic E-state index is 13.0. The van der Waals surface area contributed by atoms with Crippen LogP contribution in [0.15, 0.2) is 85.2 Å². The Bertz CT molecular complexity index is 2650. The summed E-state index contributed by atoms with van der Waals surface area (Å²) >= 11 is 0. The van der Waals surface area contributed by atoms with Crippen molar-refractivity contribution in [1.29, 1.82) is 0 Å². The summed E-state index contributed by atoms with van der Waals surface area (Å²) in [6.07, 6.45) is 5.25. The number of carbonyl (C=O) groups is 2. The number of anilines is 2. The minimum atomic E-state index is -3.61. The summed E-state index contributed by atoms with van der Waals surface area (Å²) in [6, 6.07) is 17.5. The second-order valence-electron chi connectivity index (χ2n) is 14.2. The van der Waals surface area contributed by atoms with Crippen LogP contribution in [0.1, 0.15) is 64.7 Å². The van der Waals surface area contributed by atoms with Crippen molar-refractivity contribution in [1.82, 2.24) is 30.6 Å². The van der Waals surface area contributed by atoms with Crippen LogP contribution in [-0.2, 0) is 33.1 Å². The van der Waals surface area contributed by atoms with Crippen LogP contribution in [0.25, 0.3) is 21.8 Å². The average Bonchev–Trinajstić information content (AvgIpc) is 3.27. The second-order valence-corrected chi connectivity index (χ2v) is 18.2. The number of aliphatic hydroxyl groups excluding tert-OH is 1. The molecule has 2 aromatic carbocycles. The van der Waals surface area contributed by atoms with Crippen molar-refractivity contribution in [2.24, 2.45) is 0 Å². The Morgan fingerprint density at radius 1 is 0.688 bits per heavy atom. The zero-order chi connectivity index (χ0) is 45.3. The fourth-order valence-corrected chi connectivity index (χ4v) is 9.88. The predicted molar refractivity (Wildman–Crippen MR) is 229 cm³/mol. The monoisotopic (exact) mass is 928 g/mol. The Morgan fingerprint density at radius 2 is 1.09 bits per heavy atom. The van der Waals surface area contributed by atoms with E-state index in [-0.39, 0.29) is 108 Å². The van der Waals surface area contributed by atoms with Crippen LogP contribution in [0.4, 0.5) is 20.4 Å². The summed E-state index contributed by atoms with van der Waals surface area (Å²) < 4.78 is 78.8. The van der Waals surface area contributed by atoms with Crippen LogP contribution in [0.5, 0.6) is 11.5 Å². The molecule has 0 spiro atoms. The molecule has 0 aliphatic carbocycles. The molecule has 64 heavy (non-hydrogen) atoms. The topological polar surface area (TPSA) is 248 Å². The number of nitrogens with zero attached hydrogens (tertiary/aromatic N) is 6. The van der Waals surface area contributed by atoms with Gasteiger partial charge in [0.1, 0.15) is 22.8 Å². The van der Waals surface area contributed by atoms with Crippen LogP contribution < -0.4 is 53.9 Å². The first-order chi connectivity index (χ1) is 30.1. The Hall–Kier alpha value is -5.58. The van der Waals surface area contributed by atoms with E-state index in [4.69, 9.17) is 5.11 Å². The van der Waals surface area contributed by atoms with Crippen molar-refractivity contribution < 1.29 is 80.1 Å². The van der Waals surface area contributed by atoms with E-state index in [1.807, 2.05) is 0 Å². The molecule has 17 nitrogen and oxygen atoms in total. The van der Waals surface area contributed by atoms with Crippen LogP contribution in [0, 0.1) is 11.6 Å². The Kier molecular flexibility index (Phi) is 16.9. The van der Waals surface area contributed by atoms with Crippen molar-refractivity contribution >= 4 is 65.3 Å². The normalized spacial score (nSPS) is 15.1. The van der Waals surface area contributed by atoms with Gasteiger partial charge in [-0.05, 0) is 98.0 Å². The number of aliphatic hydroxyl groups is 1. The molecule has 2 aliphatic heterocycles. The minimum absolute atomic E-state index is 0. The van der Waals surface area contributed by atoms with Gasteiger partial charge in [-0.1, -0.05) is 24.3 Å². The quantitative estimate of drug-likeness (QED) is 0.156. The number of fused-ring (bicyclic) bond motifs is 2. The number of aromatic hydroxyl groups is 1. The third-order valence-electron chi connectivity index (χ3n) is 9.75. The number of nitrogens with one attached hydrogen (secondary N) is 2. The van der Waals surface area contributed by atoms with E-state index in [0.717, 1.165) is 4.31 Å². The summed E-state index contributed by atoms with van der Waals surface area (Å²) in [7, 11) is -7.20. The van der Waals surface area contributed by atoms with Crippen LogP contribution in [0.3, 0.4) is 0 Å². The van der Waals surface area contributed by atoms with E-state index in [0.29, 0.717) is 42.2 Å². The molecule has 2 amide bonds. The van der Waals surface area contributed by atoms with Gasteiger partial charge in [0.25, 0.3) is 11.8 Å². The molecule has 2 fully saturated rings. The molecule has 4 N–H and O–H groups in total. The first-order valence-electron chi connectivity index (χ1n) is 19.8. The largest absolute Gasteiger partial charge is 1.00 e. The summed E-state index contributed by atoms with van der Waals surface area (Å²) in [5, 5.41) is 36.8. The average molecular weight is 929 g/mol. The molecule has 8 rings (SSSR count). The SMILES string of the molecule is CCO.O=C(NCc1ccc(F)cc1)c1nc(N2CCCCS2(=O)=O)c2cccnc2c1O.O=C(NCc1ccc(F)cc1)c1nc(N2CCCCS2(=O)=O)c2cccnc2c1[O-].[Na+]. The van der Waals surface area contributed by atoms with Gasteiger partial charge in [0, 0.05) is 56.0 Å². The first-order valence-corrected chi connectivity index (χ1v) is 23.0.